The quantitative estimate of drug-likeness (QED) is 0.442. The van der Waals surface area contributed by atoms with E-state index in [1.807, 2.05) is 24.3 Å². The van der Waals surface area contributed by atoms with Crippen molar-refractivity contribution in [2.24, 2.45) is 0 Å². The van der Waals surface area contributed by atoms with Crippen LogP contribution in [0, 0.1) is 0 Å². The molecule has 2 nitrogen and oxygen atoms in total. The molecule has 108 valence electrons. The number of benzene rings is 1. The maximum absolute atomic E-state index is 10.6. The number of ether oxygens (including phenoxy) is 1. The summed E-state index contributed by atoms with van der Waals surface area (Å²) >= 11 is 1.74. The SMILES string of the molecule is COc1ccc(-c2ccc(/C(C)=C/C=C(\C)C=O)s2)cc1. The lowest BCUT2D eigenvalue weighted by molar-refractivity contribution is -0.104. The van der Waals surface area contributed by atoms with Gasteiger partial charge in [-0.2, -0.15) is 0 Å². The maximum Gasteiger partial charge on any atom is 0.145 e. The molecule has 0 radical (unpaired) electrons. The van der Waals surface area contributed by atoms with Gasteiger partial charge in [-0.25, -0.2) is 0 Å². The van der Waals surface area contributed by atoms with Gasteiger partial charge in [-0.3, -0.25) is 4.79 Å². The summed E-state index contributed by atoms with van der Waals surface area (Å²) in [5, 5.41) is 0. The van der Waals surface area contributed by atoms with Crippen molar-refractivity contribution < 1.29 is 9.53 Å². The minimum atomic E-state index is 0.723. The fourth-order valence-corrected chi connectivity index (χ4v) is 2.83. The Bertz CT molecular complexity index is 675. The number of carbonyl (C=O) groups is 1. The Kier molecular flexibility index (Phi) is 5.12. The lowest BCUT2D eigenvalue weighted by atomic mass is 10.1. The van der Waals surface area contributed by atoms with E-state index in [4.69, 9.17) is 4.74 Å². The molecule has 1 aromatic heterocycles. The Morgan fingerprint density at radius 3 is 2.38 bits per heavy atom. The normalized spacial score (nSPS) is 12.3. The van der Waals surface area contributed by atoms with E-state index in [2.05, 4.69) is 31.2 Å². The van der Waals surface area contributed by atoms with Crippen LogP contribution >= 0.6 is 11.3 Å². The van der Waals surface area contributed by atoms with Crippen molar-refractivity contribution in [2.75, 3.05) is 7.11 Å². The number of aldehydes is 1. The van der Waals surface area contributed by atoms with Crippen molar-refractivity contribution in [3.8, 4) is 16.2 Å². The van der Waals surface area contributed by atoms with Crippen molar-refractivity contribution in [1.82, 2.24) is 0 Å². The first-order valence-electron chi connectivity index (χ1n) is 6.69. The third kappa shape index (κ3) is 3.92. The van der Waals surface area contributed by atoms with Crippen LogP contribution in [-0.2, 0) is 4.79 Å². The van der Waals surface area contributed by atoms with Crippen LogP contribution in [0.3, 0.4) is 0 Å². The van der Waals surface area contributed by atoms with E-state index in [1.165, 1.54) is 15.3 Å². The molecular formula is C18H18O2S. The molecule has 0 amide bonds. The van der Waals surface area contributed by atoms with Crippen LogP contribution in [0.25, 0.3) is 16.0 Å². The molecule has 0 saturated carbocycles. The molecule has 0 saturated heterocycles. The van der Waals surface area contributed by atoms with E-state index in [-0.39, 0.29) is 0 Å². The molecule has 0 aliphatic heterocycles. The number of allylic oxidation sites excluding steroid dienone is 4. The van der Waals surface area contributed by atoms with E-state index in [0.29, 0.717) is 0 Å². The number of hydrogen-bond acceptors (Lipinski definition) is 3. The zero-order valence-electron chi connectivity index (χ0n) is 12.4. The lowest BCUT2D eigenvalue weighted by Gasteiger charge is -2.01. The number of rotatable bonds is 5. The highest BCUT2D eigenvalue weighted by atomic mass is 32.1. The largest absolute Gasteiger partial charge is 0.497 e. The van der Waals surface area contributed by atoms with Crippen molar-refractivity contribution in [1.29, 1.82) is 0 Å². The van der Waals surface area contributed by atoms with Gasteiger partial charge in [0.05, 0.1) is 7.11 Å². The molecule has 0 aliphatic rings. The molecule has 1 aromatic carbocycles. The van der Waals surface area contributed by atoms with Crippen LogP contribution in [0.1, 0.15) is 18.7 Å². The molecule has 21 heavy (non-hydrogen) atoms. The van der Waals surface area contributed by atoms with Crippen LogP contribution in [0.2, 0.25) is 0 Å². The summed E-state index contributed by atoms with van der Waals surface area (Å²) in [4.78, 5) is 13.0. The monoisotopic (exact) mass is 298 g/mol. The van der Waals surface area contributed by atoms with E-state index < -0.39 is 0 Å². The predicted octanol–water partition coefficient (Wildman–Crippen LogP) is 4.97. The Hall–Kier alpha value is -2.13. The average Bonchev–Trinajstić information content (AvgIpc) is 3.02. The molecular weight excluding hydrogens is 280 g/mol. The van der Waals surface area contributed by atoms with Crippen molar-refractivity contribution >= 4 is 23.2 Å². The fourth-order valence-electron chi connectivity index (χ4n) is 1.84. The lowest BCUT2D eigenvalue weighted by Crippen LogP contribution is -1.81. The average molecular weight is 298 g/mol. The van der Waals surface area contributed by atoms with E-state index in [1.54, 1.807) is 25.4 Å². The Labute approximate surface area is 129 Å². The van der Waals surface area contributed by atoms with Gasteiger partial charge in [-0.15, -0.1) is 11.3 Å². The molecule has 0 N–H and O–H groups in total. The second-order valence-corrected chi connectivity index (χ2v) is 5.85. The van der Waals surface area contributed by atoms with E-state index in [9.17, 15) is 4.79 Å². The van der Waals surface area contributed by atoms with E-state index in [0.717, 1.165) is 23.2 Å². The van der Waals surface area contributed by atoms with Gasteiger partial charge in [-0.1, -0.05) is 12.2 Å². The van der Waals surface area contributed by atoms with Crippen LogP contribution < -0.4 is 4.74 Å². The summed E-state index contributed by atoms with van der Waals surface area (Å²) in [6, 6.07) is 12.3. The molecule has 2 aromatic rings. The van der Waals surface area contributed by atoms with Gasteiger partial charge in [-0.05, 0) is 67.0 Å². The van der Waals surface area contributed by atoms with Gasteiger partial charge in [0.2, 0.25) is 0 Å². The highest BCUT2D eigenvalue weighted by Gasteiger charge is 2.04. The van der Waals surface area contributed by atoms with Crippen molar-refractivity contribution in [3.05, 3.63) is 59.0 Å². The Morgan fingerprint density at radius 2 is 1.76 bits per heavy atom. The van der Waals surface area contributed by atoms with Crippen LogP contribution in [0.15, 0.2) is 54.1 Å². The fraction of sp³-hybridized carbons (Fsp3) is 0.167. The molecule has 0 bridgehead atoms. The maximum atomic E-state index is 10.6. The van der Waals surface area contributed by atoms with Gasteiger partial charge in [0.1, 0.15) is 12.0 Å². The van der Waals surface area contributed by atoms with Gasteiger partial charge >= 0.3 is 0 Å². The smallest absolute Gasteiger partial charge is 0.145 e. The minimum Gasteiger partial charge on any atom is -0.497 e. The molecule has 0 spiro atoms. The number of methoxy groups -OCH3 is 1. The first-order valence-corrected chi connectivity index (χ1v) is 7.50. The second kappa shape index (κ2) is 7.04. The van der Waals surface area contributed by atoms with Gasteiger partial charge in [0, 0.05) is 9.75 Å². The molecule has 0 atom stereocenters. The molecule has 0 aliphatic carbocycles. The number of hydrogen-bond donors (Lipinski definition) is 0. The third-order valence-electron chi connectivity index (χ3n) is 3.15. The third-order valence-corrected chi connectivity index (χ3v) is 4.42. The standard InChI is InChI=1S/C18H18O2S/c1-13(12-19)4-5-14(2)17-10-11-18(21-17)15-6-8-16(20-3)9-7-15/h4-12H,1-3H3/b13-4+,14-5+. The summed E-state index contributed by atoms with van der Waals surface area (Å²) < 4.78 is 5.17. The number of thiophene rings is 1. The first kappa shape index (κ1) is 15.3. The van der Waals surface area contributed by atoms with Crippen LogP contribution in [0.4, 0.5) is 0 Å². The summed E-state index contributed by atoms with van der Waals surface area (Å²) in [6.45, 7) is 3.85. The van der Waals surface area contributed by atoms with Gasteiger partial charge in [0.15, 0.2) is 0 Å². The molecule has 1 heterocycles. The molecule has 0 fully saturated rings. The Balaban J connectivity index is 2.22. The van der Waals surface area contributed by atoms with Crippen LogP contribution in [-0.4, -0.2) is 13.4 Å². The Morgan fingerprint density at radius 1 is 1.05 bits per heavy atom. The zero-order chi connectivity index (χ0) is 15.2. The summed E-state index contributed by atoms with van der Waals surface area (Å²) in [7, 11) is 1.67. The van der Waals surface area contributed by atoms with Gasteiger partial charge < -0.3 is 4.74 Å². The predicted molar refractivity (Wildman–Crippen MR) is 89.8 cm³/mol. The molecule has 2 rings (SSSR count). The van der Waals surface area contributed by atoms with Gasteiger partial charge in [0.25, 0.3) is 0 Å². The summed E-state index contributed by atoms with van der Waals surface area (Å²) in [5.74, 6) is 0.862. The first-order chi connectivity index (χ1) is 10.1. The van der Waals surface area contributed by atoms with Crippen molar-refractivity contribution in [2.45, 2.75) is 13.8 Å². The minimum absolute atomic E-state index is 0.723. The highest BCUT2D eigenvalue weighted by molar-refractivity contribution is 7.16. The molecule has 3 heteroatoms. The highest BCUT2D eigenvalue weighted by Crippen LogP contribution is 2.32. The summed E-state index contributed by atoms with van der Waals surface area (Å²) in [6.07, 6.45) is 4.68. The van der Waals surface area contributed by atoms with E-state index >= 15 is 0 Å². The van der Waals surface area contributed by atoms with Crippen LogP contribution in [0.5, 0.6) is 5.75 Å². The number of carbonyl (C=O) groups excluding carboxylic acids is 1. The zero-order valence-corrected chi connectivity index (χ0v) is 13.2. The van der Waals surface area contributed by atoms with Crippen molar-refractivity contribution in [3.63, 3.8) is 0 Å². The topological polar surface area (TPSA) is 26.3 Å². The molecule has 0 unspecified atom stereocenters. The second-order valence-electron chi connectivity index (χ2n) is 4.77. The summed E-state index contributed by atoms with van der Waals surface area (Å²) in [5.41, 5.74) is 3.06.